The zero-order valence-electron chi connectivity index (χ0n) is 21.1. The molecular formula is C30H34N2O3. The highest BCUT2D eigenvalue weighted by atomic mass is 16.5. The van der Waals surface area contributed by atoms with Gasteiger partial charge in [0.05, 0.1) is 24.6 Å². The number of ether oxygens (including phenoxy) is 2. The molecule has 5 heteroatoms. The van der Waals surface area contributed by atoms with Gasteiger partial charge in [0.25, 0.3) is 5.56 Å². The monoisotopic (exact) mass is 470 g/mol. The molecule has 0 saturated heterocycles. The summed E-state index contributed by atoms with van der Waals surface area (Å²) in [5.74, 6) is 2.91. The number of para-hydroxylation sites is 1. The molecule has 3 aromatic carbocycles. The van der Waals surface area contributed by atoms with Crippen LogP contribution in [0.4, 0.5) is 0 Å². The molecule has 0 unspecified atom stereocenters. The molecule has 0 saturated carbocycles. The zero-order chi connectivity index (χ0) is 24.8. The maximum Gasteiger partial charge on any atom is 0.261 e. The standard InChI is InChI=1S/C30H34N2O3/c1-21(2)24-13-12-22(3)28(20-24)35-19-9-5-8-18-32-29(23-14-16-25(34-4)17-15-23)31-27-11-7-6-10-26(27)30(32)33/h6-7,10-17,20-21H,5,8-9,18-19H2,1-4H3. The zero-order valence-corrected chi connectivity index (χ0v) is 21.1. The van der Waals surface area contributed by atoms with E-state index in [1.807, 2.05) is 48.5 Å². The summed E-state index contributed by atoms with van der Waals surface area (Å²) in [6, 6.07) is 21.7. The number of fused-ring (bicyclic) bond motifs is 1. The van der Waals surface area contributed by atoms with Crippen molar-refractivity contribution >= 4 is 10.9 Å². The van der Waals surface area contributed by atoms with Crippen LogP contribution in [-0.4, -0.2) is 23.3 Å². The van der Waals surface area contributed by atoms with Crippen molar-refractivity contribution in [1.29, 1.82) is 0 Å². The molecule has 0 aliphatic rings. The predicted molar refractivity (Wildman–Crippen MR) is 143 cm³/mol. The summed E-state index contributed by atoms with van der Waals surface area (Å²) in [6.45, 7) is 7.74. The van der Waals surface area contributed by atoms with Crippen LogP contribution in [0.1, 0.15) is 50.2 Å². The fraction of sp³-hybridized carbons (Fsp3) is 0.333. The van der Waals surface area contributed by atoms with E-state index in [2.05, 4.69) is 39.0 Å². The van der Waals surface area contributed by atoms with Crippen molar-refractivity contribution in [3.8, 4) is 22.9 Å². The number of nitrogens with zero attached hydrogens (tertiary/aromatic N) is 2. The van der Waals surface area contributed by atoms with E-state index in [1.54, 1.807) is 11.7 Å². The molecule has 0 fully saturated rings. The van der Waals surface area contributed by atoms with Crippen LogP contribution in [-0.2, 0) is 6.54 Å². The fourth-order valence-corrected chi connectivity index (χ4v) is 4.20. The van der Waals surface area contributed by atoms with E-state index in [1.165, 1.54) is 5.56 Å². The van der Waals surface area contributed by atoms with Crippen LogP contribution in [0.25, 0.3) is 22.3 Å². The van der Waals surface area contributed by atoms with E-state index >= 15 is 0 Å². The van der Waals surface area contributed by atoms with Gasteiger partial charge in [-0.15, -0.1) is 0 Å². The summed E-state index contributed by atoms with van der Waals surface area (Å²) < 4.78 is 13.2. The van der Waals surface area contributed by atoms with E-state index in [4.69, 9.17) is 14.5 Å². The molecule has 4 rings (SSSR count). The van der Waals surface area contributed by atoms with Gasteiger partial charge in [0.1, 0.15) is 17.3 Å². The molecule has 5 nitrogen and oxygen atoms in total. The Bertz CT molecular complexity index is 1340. The first-order chi connectivity index (χ1) is 17.0. The molecule has 1 heterocycles. The summed E-state index contributed by atoms with van der Waals surface area (Å²) in [7, 11) is 1.64. The number of benzene rings is 3. The number of aryl methyl sites for hydroxylation is 1. The molecule has 0 amide bonds. The number of aromatic nitrogens is 2. The maximum atomic E-state index is 13.3. The first-order valence-electron chi connectivity index (χ1n) is 12.4. The summed E-state index contributed by atoms with van der Waals surface area (Å²) in [6.07, 6.45) is 2.76. The highest BCUT2D eigenvalue weighted by molar-refractivity contribution is 5.79. The van der Waals surface area contributed by atoms with Gasteiger partial charge in [-0.05, 0) is 85.7 Å². The van der Waals surface area contributed by atoms with Gasteiger partial charge < -0.3 is 9.47 Å². The Balaban J connectivity index is 1.44. The van der Waals surface area contributed by atoms with E-state index < -0.39 is 0 Å². The minimum atomic E-state index is -0.00112. The maximum absolute atomic E-state index is 13.3. The Morgan fingerprint density at radius 1 is 0.943 bits per heavy atom. The first-order valence-corrected chi connectivity index (χ1v) is 12.4. The van der Waals surface area contributed by atoms with E-state index in [0.717, 1.165) is 41.9 Å². The highest BCUT2D eigenvalue weighted by Crippen LogP contribution is 2.25. The summed E-state index contributed by atoms with van der Waals surface area (Å²) in [4.78, 5) is 18.2. The van der Waals surface area contributed by atoms with Crippen molar-refractivity contribution < 1.29 is 9.47 Å². The molecule has 0 bridgehead atoms. The summed E-state index contributed by atoms with van der Waals surface area (Å²) in [5, 5.41) is 0.647. The molecule has 1 aromatic heterocycles. The Hall–Kier alpha value is -3.60. The van der Waals surface area contributed by atoms with Gasteiger partial charge in [-0.1, -0.05) is 38.1 Å². The van der Waals surface area contributed by atoms with Crippen LogP contribution in [0.2, 0.25) is 0 Å². The molecule has 0 radical (unpaired) electrons. The van der Waals surface area contributed by atoms with Gasteiger partial charge in [0.15, 0.2) is 0 Å². The van der Waals surface area contributed by atoms with Crippen molar-refractivity contribution in [2.75, 3.05) is 13.7 Å². The lowest BCUT2D eigenvalue weighted by Crippen LogP contribution is -2.23. The van der Waals surface area contributed by atoms with Crippen LogP contribution < -0.4 is 15.0 Å². The lowest BCUT2D eigenvalue weighted by atomic mass is 10.0. The lowest BCUT2D eigenvalue weighted by Gasteiger charge is -2.15. The second-order valence-electron chi connectivity index (χ2n) is 9.23. The Labute approximate surface area is 207 Å². The van der Waals surface area contributed by atoms with Gasteiger partial charge >= 0.3 is 0 Å². The van der Waals surface area contributed by atoms with Crippen LogP contribution in [0, 0.1) is 6.92 Å². The largest absolute Gasteiger partial charge is 0.497 e. The van der Waals surface area contributed by atoms with Crippen molar-refractivity contribution in [2.24, 2.45) is 0 Å². The van der Waals surface area contributed by atoms with Crippen LogP contribution in [0.5, 0.6) is 11.5 Å². The van der Waals surface area contributed by atoms with Crippen molar-refractivity contribution in [3.05, 3.63) is 88.2 Å². The highest BCUT2D eigenvalue weighted by Gasteiger charge is 2.13. The summed E-state index contributed by atoms with van der Waals surface area (Å²) >= 11 is 0. The van der Waals surface area contributed by atoms with Crippen molar-refractivity contribution in [1.82, 2.24) is 9.55 Å². The molecule has 35 heavy (non-hydrogen) atoms. The van der Waals surface area contributed by atoms with Gasteiger partial charge in [-0.2, -0.15) is 0 Å². The van der Waals surface area contributed by atoms with Crippen LogP contribution in [0.3, 0.4) is 0 Å². The van der Waals surface area contributed by atoms with Crippen molar-refractivity contribution in [2.45, 2.75) is 52.5 Å². The minimum Gasteiger partial charge on any atom is -0.497 e. The topological polar surface area (TPSA) is 53.3 Å². The van der Waals surface area contributed by atoms with Crippen LogP contribution in [0.15, 0.2) is 71.5 Å². The third-order valence-corrected chi connectivity index (χ3v) is 6.37. The first kappa shape index (κ1) is 24.5. The summed E-state index contributed by atoms with van der Waals surface area (Å²) in [5.41, 5.74) is 4.07. The quantitative estimate of drug-likeness (QED) is 0.241. The number of unbranched alkanes of at least 4 members (excludes halogenated alkanes) is 2. The third-order valence-electron chi connectivity index (χ3n) is 6.37. The lowest BCUT2D eigenvalue weighted by molar-refractivity contribution is 0.301. The molecule has 0 aliphatic carbocycles. The van der Waals surface area contributed by atoms with Gasteiger partial charge in [0.2, 0.25) is 0 Å². The number of rotatable bonds is 10. The fourth-order valence-electron chi connectivity index (χ4n) is 4.20. The third kappa shape index (κ3) is 5.73. The minimum absolute atomic E-state index is 0.00112. The molecular weight excluding hydrogens is 436 g/mol. The van der Waals surface area contributed by atoms with Crippen LogP contribution >= 0.6 is 0 Å². The number of hydrogen-bond donors (Lipinski definition) is 0. The van der Waals surface area contributed by atoms with E-state index in [9.17, 15) is 4.79 Å². The average molecular weight is 471 g/mol. The normalized spacial score (nSPS) is 11.2. The van der Waals surface area contributed by atoms with Gasteiger partial charge in [0, 0.05) is 12.1 Å². The second kappa shape index (κ2) is 11.2. The Kier molecular flexibility index (Phi) is 7.86. The second-order valence-corrected chi connectivity index (χ2v) is 9.23. The molecule has 0 spiro atoms. The smallest absolute Gasteiger partial charge is 0.261 e. The molecule has 0 N–H and O–H groups in total. The van der Waals surface area contributed by atoms with E-state index in [0.29, 0.717) is 35.8 Å². The Morgan fingerprint density at radius 2 is 1.71 bits per heavy atom. The van der Waals surface area contributed by atoms with Crippen molar-refractivity contribution in [3.63, 3.8) is 0 Å². The SMILES string of the molecule is COc1ccc(-c2nc3ccccc3c(=O)n2CCCCCOc2cc(C(C)C)ccc2C)cc1. The van der Waals surface area contributed by atoms with Gasteiger partial charge in [-0.25, -0.2) is 4.98 Å². The molecule has 0 aliphatic heterocycles. The number of methoxy groups -OCH3 is 1. The average Bonchev–Trinajstić information content (AvgIpc) is 2.88. The van der Waals surface area contributed by atoms with Gasteiger partial charge in [-0.3, -0.25) is 9.36 Å². The molecule has 0 atom stereocenters. The Morgan fingerprint density at radius 3 is 2.46 bits per heavy atom. The predicted octanol–water partition coefficient (Wildman–Crippen LogP) is 6.75. The number of hydrogen-bond acceptors (Lipinski definition) is 4. The molecule has 182 valence electrons. The molecule has 4 aromatic rings. The van der Waals surface area contributed by atoms with E-state index in [-0.39, 0.29) is 5.56 Å².